The fourth-order valence-corrected chi connectivity index (χ4v) is 1.83. The maximum absolute atomic E-state index is 5.73. The molecule has 1 N–H and O–H groups in total. The summed E-state index contributed by atoms with van der Waals surface area (Å²) in [6.45, 7) is 3.95. The van der Waals surface area contributed by atoms with Gasteiger partial charge in [0.1, 0.15) is 5.76 Å². The lowest BCUT2D eigenvalue weighted by Gasteiger charge is -2.06. The number of nitrogens with one attached hydrogen (secondary N) is 1. The van der Waals surface area contributed by atoms with Gasteiger partial charge in [-0.25, -0.2) is 0 Å². The molecule has 2 aromatic rings. The lowest BCUT2D eigenvalue weighted by Crippen LogP contribution is -1.91. The topological polar surface area (TPSA) is 21.3 Å². The number of ether oxygens (including phenoxy) is 1. The molecule has 0 saturated carbocycles. The second-order valence-corrected chi connectivity index (χ2v) is 3.69. The van der Waals surface area contributed by atoms with Crippen LogP contribution in [0, 0.1) is 0 Å². The summed E-state index contributed by atoms with van der Waals surface area (Å²) in [6, 6.07) is 15.8. The lowest BCUT2D eigenvalue weighted by atomic mass is 10.1. The Labute approximate surface area is 94.2 Å². The van der Waals surface area contributed by atoms with Crippen LogP contribution in [-0.2, 0) is 0 Å². The van der Waals surface area contributed by atoms with Crippen LogP contribution in [0.3, 0.4) is 0 Å². The third-order valence-corrected chi connectivity index (χ3v) is 2.62. The van der Waals surface area contributed by atoms with Crippen molar-refractivity contribution in [2.45, 2.75) is 0 Å². The number of fused-ring (bicyclic) bond motifs is 2. The van der Waals surface area contributed by atoms with Gasteiger partial charge in [-0.15, -0.1) is 0 Å². The highest BCUT2D eigenvalue weighted by Gasteiger charge is 2.15. The van der Waals surface area contributed by atoms with E-state index in [1.54, 1.807) is 0 Å². The molecule has 2 heteroatoms. The number of hydrogen-bond acceptors (Lipinski definition) is 2. The molecule has 16 heavy (non-hydrogen) atoms. The van der Waals surface area contributed by atoms with Gasteiger partial charge in [-0.3, -0.25) is 0 Å². The monoisotopic (exact) mass is 209 g/mol. The molecule has 0 radical (unpaired) electrons. The molecule has 0 atom stereocenters. The van der Waals surface area contributed by atoms with Crippen LogP contribution in [0.2, 0.25) is 0 Å². The van der Waals surface area contributed by atoms with E-state index in [9.17, 15) is 0 Å². The van der Waals surface area contributed by atoms with Crippen molar-refractivity contribution in [3.63, 3.8) is 0 Å². The zero-order valence-corrected chi connectivity index (χ0v) is 8.73. The molecular weight excluding hydrogens is 198 g/mol. The molecular formula is C14H11NO. The van der Waals surface area contributed by atoms with Crippen molar-refractivity contribution in [2.75, 3.05) is 5.32 Å². The predicted octanol–water partition coefficient (Wildman–Crippen LogP) is 3.79. The highest BCUT2D eigenvalue weighted by molar-refractivity contribution is 5.81. The molecule has 0 fully saturated rings. The minimum Gasteiger partial charge on any atom is -0.455 e. The summed E-state index contributed by atoms with van der Waals surface area (Å²) in [7, 11) is 0. The Morgan fingerprint density at radius 2 is 1.56 bits per heavy atom. The number of para-hydroxylation sites is 3. The number of anilines is 2. The van der Waals surface area contributed by atoms with Crippen LogP contribution in [-0.4, -0.2) is 0 Å². The minimum atomic E-state index is 0.674. The second kappa shape index (κ2) is 3.42. The molecule has 0 aromatic heterocycles. The van der Waals surface area contributed by atoms with Crippen LogP contribution in [0.15, 0.2) is 55.1 Å². The quantitative estimate of drug-likeness (QED) is 0.712. The van der Waals surface area contributed by atoms with E-state index < -0.39 is 0 Å². The van der Waals surface area contributed by atoms with Crippen LogP contribution in [0.4, 0.5) is 11.4 Å². The highest BCUT2D eigenvalue weighted by Crippen LogP contribution is 2.37. The Hall–Kier alpha value is -2.22. The van der Waals surface area contributed by atoms with Crippen LogP contribution in [0.1, 0.15) is 5.56 Å². The van der Waals surface area contributed by atoms with E-state index >= 15 is 0 Å². The Morgan fingerprint density at radius 1 is 0.875 bits per heavy atom. The van der Waals surface area contributed by atoms with Crippen molar-refractivity contribution >= 4 is 17.1 Å². The number of rotatable bonds is 0. The second-order valence-electron chi connectivity index (χ2n) is 3.69. The van der Waals surface area contributed by atoms with Gasteiger partial charge in [-0.1, -0.05) is 30.8 Å². The van der Waals surface area contributed by atoms with Gasteiger partial charge in [0.05, 0.1) is 5.69 Å². The van der Waals surface area contributed by atoms with E-state index in [-0.39, 0.29) is 0 Å². The van der Waals surface area contributed by atoms with E-state index in [0.29, 0.717) is 5.76 Å². The number of benzene rings is 2. The summed E-state index contributed by atoms with van der Waals surface area (Å²) in [5, 5.41) is 3.35. The molecule has 0 amide bonds. The largest absolute Gasteiger partial charge is 0.455 e. The predicted molar refractivity (Wildman–Crippen MR) is 65.8 cm³/mol. The van der Waals surface area contributed by atoms with Crippen molar-refractivity contribution in [3.05, 3.63) is 60.7 Å². The summed E-state index contributed by atoms with van der Waals surface area (Å²) >= 11 is 0. The molecule has 2 nitrogen and oxygen atoms in total. The number of hydrogen-bond donors (Lipinski definition) is 1. The fraction of sp³-hybridized carbons (Fsp3) is 0. The fourth-order valence-electron chi connectivity index (χ4n) is 1.83. The zero-order chi connectivity index (χ0) is 11.0. The lowest BCUT2D eigenvalue weighted by molar-refractivity contribution is 0.521. The first-order valence-electron chi connectivity index (χ1n) is 5.17. The minimum absolute atomic E-state index is 0.674. The average Bonchev–Trinajstić information content (AvgIpc) is 2.45. The first-order valence-corrected chi connectivity index (χ1v) is 5.17. The first kappa shape index (κ1) is 9.04. The smallest absolute Gasteiger partial charge is 0.150 e. The molecule has 0 unspecified atom stereocenters. The van der Waals surface area contributed by atoms with E-state index in [1.165, 1.54) is 0 Å². The van der Waals surface area contributed by atoms with Crippen LogP contribution in [0.25, 0.3) is 5.76 Å². The van der Waals surface area contributed by atoms with E-state index in [1.807, 2.05) is 48.5 Å². The average molecular weight is 209 g/mol. The summed E-state index contributed by atoms with van der Waals surface area (Å²) in [5.41, 5.74) is 2.99. The maximum atomic E-state index is 5.73. The molecule has 0 saturated heterocycles. The molecule has 3 rings (SSSR count). The van der Waals surface area contributed by atoms with Crippen molar-refractivity contribution in [3.8, 4) is 5.75 Å². The Bertz CT molecular complexity index is 560. The molecule has 0 spiro atoms. The summed E-state index contributed by atoms with van der Waals surface area (Å²) in [4.78, 5) is 0. The van der Waals surface area contributed by atoms with Gasteiger partial charge in [0.15, 0.2) is 5.75 Å². The zero-order valence-electron chi connectivity index (χ0n) is 8.73. The van der Waals surface area contributed by atoms with E-state index in [4.69, 9.17) is 4.74 Å². The van der Waals surface area contributed by atoms with Gasteiger partial charge in [-0.2, -0.15) is 0 Å². The SMILES string of the molecule is C=C1Oc2ccccc2Nc2ccccc21. The third kappa shape index (κ3) is 1.36. The van der Waals surface area contributed by atoms with Gasteiger partial charge < -0.3 is 10.1 Å². The van der Waals surface area contributed by atoms with Gasteiger partial charge in [0.25, 0.3) is 0 Å². The molecule has 2 aromatic carbocycles. The Morgan fingerprint density at radius 3 is 2.44 bits per heavy atom. The van der Waals surface area contributed by atoms with Gasteiger partial charge >= 0.3 is 0 Å². The first-order chi connectivity index (χ1) is 7.84. The molecule has 1 aliphatic heterocycles. The molecule has 0 aliphatic carbocycles. The summed E-state index contributed by atoms with van der Waals surface area (Å²) in [6.07, 6.45) is 0. The van der Waals surface area contributed by atoms with Crippen molar-refractivity contribution in [2.24, 2.45) is 0 Å². The highest BCUT2D eigenvalue weighted by atomic mass is 16.5. The standard InChI is InChI=1S/C14H11NO/c1-10-11-6-2-3-7-12(11)15-13-8-4-5-9-14(13)16-10/h2-9,15H,1H2. The van der Waals surface area contributed by atoms with Crippen LogP contribution < -0.4 is 10.1 Å². The van der Waals surface area contributed by atoms with Gasteiger partial charge in [-0.05, 0) is 24.3 Å². The molecule has 1 aliphatic rings. The summed E-state index contributed by atoms with van der Waals surface area (Å²) < 4.78 is 5.73. The molecule has 1 heterocycles. The van der Waals surface area contributed by atoms with Crippen LogP contribution in [0.5, 0.6) is 5.75 Å². The van der Waals surface area contributed by atoms with Gasteiger partial charge in [0, 0.05) is 11.3 Å². The third-order valence-electron chi connectivity index (χ3n) is 2.62. The molecule has 0 bridgehead atoms. The molecule has 78 valence electrons. The van der Waals surface area contributed by atoms with Crippen molar-refractivity contribution in [1.29, 1.82) is 0 Å². The van der Waals surface area contributed by atoms with E-state index in [0.717, 1.165) is 22.7 Å². The van der Waals surface area contributed by atoms with Crippen molar-refractivity contribution in [1.82, 2.24) is 0 Å². The Kier molecular flexibility index (Phi) is 1.93. The van der Waals surface area contributed by atoms with E-state index in [2.05, 4.69) is 11.9 Å². The normalized spacial score (nSPS) is 12.9. The van der Waals surface area contributed by atoms with Crippen LogP contribution >= 0.6 is 0 Å². The maximum Gasteiger partial charge on any atom is 0.150 e. The Balaban J connectivity index is 2.18. The van der Waals surface area contributed by atoms with Gasteiger partial charge in [0.2, 0.25) is 0 Å². The van der Waals surface area contributed by atoms with Crippen molar-refractivity contribution < 1.29 is 4.74 Å². The summed E-state index contributed by atoms with van der Waals surface area (Å²) in [5.74, 6) is 1.48.